The Morgan fingerprint density at radius 3 is 2.88 bits per heavy atom. The lowest BCUT2D eigenvalue weighted by atomic mass is 10.4. The minimum atomic E-state index is -1.04. The summed E-state index contributed by atoms with van der Waals surface area (Å²) in [5, 5.41) is 17.2. The zero-order valence-electron chi connectivity index (χ0n) is 9.39. The second-order valence-corrected chi connectivity index (χ2v) is 3.16. The zero-order valence-corrected chi connectivity index (χ0v) is 9.39. The molecule has 0 fully saturated rings. The number of hydrogen-bond acceptors (Lipinski definition) is 5. The molecule has 1 aromatic heterocycles. The number of nitrogens with zero attached hydrogens (tertiary/aromatic N) is 2. The van der Waals surface area contributed by atoms with Crippen molar-refractivity contribution in [1.82, 2.24) is 20.5 Å². The van der Waals surface area contributed by atoms with Gasteiger partial charge in [0.25, 0.3) is 5.91 Å². The summed E-state index contributed by atoms with van der Waals surface area (Å²) in [5.74, 6) is -0.755. The Balaban J connectivity index is 2.23. The molecule has 17 heavy (non-hydrogen) atoms. The summed E-state index contributed by atoms with van der Waals surface area (Å²) in [7, 11) is 0. The van der Waals surface area contributed by atoms with Crippen LogP contribution < -0.4 is 5.32 Å². The van der Waals surface area contributed by atoms with E-state index in [1.54, 1.807) is 0 Å². The largest absolute Gasteiger partial charge is 0.480 e. The van der Waals surface area contributed by atoms with Crippen LogP contribution in [0.3, 0.4) is 0 Å². The number of rotatable bonds is 7. The van der Waals surface area contributed by atoms with Gasteiger partial charge in [-0.25, -0.2) is 9.78 Å². The first kappa shape index (κ1) is 13.1. The molecule has 1 heterocycles. The van der Waals surface area contributed by atoms with E-state index < -0.39 is 11.9 Å². The zero-order chi connectivity index (χ0) is 12.7. The van der Waals surface area contributed by atoms with Crippen LogP contribution in [0.15, 0.2) is 0 Å². The van der Waals surface area contributed by atoms with Crippen LogP contribution in [0.2, 0.25) is 0 Å². The predicted octanol–water partition coefficient (Wildman–Crippen LogP) is -0.802. The number of amides is 1. The molecule has 0 aromatic carbocycles. The van der Waals surface area contributed by atoms with Gasteiger partial charge in [0.2, 0.25) is 5.82 Å². The van der Waals surface area contributed by atoms with Crippen LogP contribution in [0.5, 0.6) is 0 Å². The van der Waals surface area contributed by atoms with Gasteiger partial charge in [0.15, 0.2) is 0 Å². The second-order valence-electron chi connectivity index (χ2n) is 3.16. The van der Waals surface area contributed by atoms with Crippen LogP contribution in [-0.4, -0.2) is 51.9 Å². The van der Waals surface area contributed by atoms with Gasteiger partial charge >= 0.3 is 5.97 Å². The smallest absolute Gasteiger partial charge is 0.329 e. The van der Waals surface area contributed by atoms with Crippen molar-refractivity contribution < 1.29 is 19.4 Å². The lowest BCUT2D eigenvalue weighted by Crippen LogP contribution is -2.28. The Morgan fingerprint density at radius 1 is 1.53 bits per heavy atom. The first-order valence-corrected chi connectivity index (χ1v) is 5.12. The molecule has 0 aliphatic heterocycles. The minimum absolute atomic E-state index is 0.0695. The lowest BCUT2D eigenvalue weighted by Gasteiger charge is -2.02. The van der Waals surface area contributed by atoms with Crippen molar-refractivity contribution in [2.75, 3.05) is 19.8 Å². The molecule has 1 amide bonds. The summed E-state index contributed by atoms with van der Waals surface area (Å²) in [6, 6.07) is 0. The number of nitrogens with one attached hydrogen (secondary N) is 2. The van der Waals surface area contributed by atoms with Gasteiger partial charge in [-0.1, -0.05) is 6.92 Å². The number of aliphatic carboxylic acids is 1. The molecule has 8 heteroatoms. The Hall–Kier alpha value is -1.96. The Kier molecular flexibility index (Phi) is 5.08. The molecule has 1 rings (SSSR count). The number of hydrogen-bond donors (Lipinski definition) is 3. The van der Waals surface area contributed by atoms with Gasteiger partial charge in [0.05, 0.1) is 6.61 Å². The third-order valence-corrected chi connectivity index (χ3v) is 1.83. The van der Waals surface area contributed by atoms with Crippen molar-refractivity contribution in [1.29, 1.82) is 0 Å². The van der Waals surface area contributed by atoms with E-state index in [2.05, 4.69) is 20.5 Å². The quantitative estimate of drug-likeness (QED) is 0.539. The molecule has 0 atom stereocenters. The van der Waals surface area contributed by atoms with Crippen molar-refractivity contribution in [3.8, 4) is 0 Å². The number of H-pyrrole nitrogens is 1. The normalized spacial score (nSPS) is 10.2. The maximum Gasteiger partial charge on any atom is 0.329 e. The summed E-state index contributed by atoms with van der Waals surface area (Å²) >= 11 is 0. The van der Waals surface area contributed by atoms with E-state index in [1.165, 1.54) is 0 Å². The van der Waals surface area contributed by atoms with Gasteiger partial charge in [-0.3, -0.25) is 9.89 Å². The summed E-state index contributed by atoms with van der Waals surface area (Å²) in [6.45, 7) is 1.85. The van der Waals surface area contributed by atoms with Crippen molar-refractivity contribution in [2.24, 2.45) is 0 Å². The third-order valence-electron chi connectivity index (χ3n) is 1.83. The fraction of sp³-hybridized carbons (Fsp3) is 0.556. The van der Waals surface area contributed by atoms with E-state index >= 15 is 0 Å². The van der Waals surface area contributed by atoms with Crippen molar-refractivity contribution >= 4 is 11.9 Å². The van der Waals surface area contributed by atoms with Crippen LogP contribution in [0.25, 0.3) is 0 Å². The maximum atomic E-state index is 11.4. The van der Waals surface area contributed by atoms with Crippen LogP contribution >= 0.6 is 0 Å². The van der Waals surface area contributed by atoms with E-state index in [0.29, 0.717) is 12.2 Å². The first-order valence-electron chi connectivity index (χ1n) is 5.12. The van der Waals surface area contributed by atoms with Gasteiger partial charge in [-0.2, -0.15) is 0 Å². The summed E-state index contributed by atoms with van der Waals surface area (Å²) in [5.41, 5.74) is 0. The molecule has 0 saturated heterocycles. The number of carbonyl (C=O) groups is 2. The predicted molar refractivity (Wildman–Crippen MR) is 56.5 cm³/mol. The highest BCUT2D eigenvalue weighted by atomic mass is 16.5. The minimum Gasteiger partial charge on any atom is -0.480 e. The standard InChI is InChI=1S/C9H14N4O4/c1-2-6-11-8(13-12-6)9(16)10-3-4-17-5-7(14)15/h2-5H2,1H3,(H,10,16)(H,14,15)(H,11,12,13). The molecule has 0 saturated carbocycles. The molecule has 0 aliphatic carbocycles. The van der Waals surface area contributed by atoms with E-state index in [0.717, 1.165) is 0 Å². The number of carbonyl (C=O) groups excluding carboxylic acids is 1. The average Bonchev–Trinajstić information content (AvgIpc) is 2.76. The second kappa shape index (κ2) is 6.59. The highest BCUT2D eigenvalue weighted by molar-refractivity contribution is 5.90. The monoisotopic (exact) mass is 242 g/mol. The highest BCUT2D eigenvalue weighted by Gasteiger charge is 2.10. The molecule has 94 valence electrons. The van der Waals surface area contributed by atoms with Gasteiger partial charge < -0.3 is 15.2 Å². The lowest BCUT2D eigenvalue weighted by molar-refractivity contribution is -0.142. The topological polar surface area (TPSA) is 117 Å². The SMILES string of the molecule is CCc1nc(C(=O)NCCOCC(=O)O)n[nH]1. The first-order chi connectivity index (χ1) is 8.13. The van der Waals surface area contributed by atoms with Crippen LogP contribution in [0.1, 0.15) is 23.4 Å². The highest BCUT2D eigenvalue weighted by Crippen LogP contribution is 1.92. The molecule has 0 bridgehead atoms. The summed E-state index contributed by atoms with van der Waals surface area (Å²) in [4.78, 5) is 25.5. The van der Waals surface area contributed by atoms with Crippen molar-refractivity contribution in [3.63, 3.8) is 0 Å². The molecular formula is C9H14N4O4. The van der Waals surface area contributed by atoms with Crippen molar-refractivity contribution in [3.05, 3.63) is 11.6 Å². The number of aromatic amines is 1. The van der Waals surface area contributed by atoms with E-state index in [9.17, 15) is 9.59 Å². The van der Waals surface area contributed by atoms with Crippen LogP contribution in [0, 0.1) is 0 Å². The van der Waals surface area contributed by atoms with E-state index in [4.69, 9.17) is 9.84 Å². The molecule has 0 unspecified atom stereocenters. The third kappa shape index (κ3) is 4.60. The number of carboxylic acid groups (broad SMARTS) is 1. The van der Waals surface area contributed by atoms with Gasteiger partial charge in [-0.05, 0) is 0 Å². The molecule has 1 aromatic rings. The maximum absolute atomic E-state index is 11.4. The molecule has 0 spiro atoms. The fourth-order valence-electron chi connectivity index (χ4n) is 1.03. The molecule has 8 nitrogen and oxygen atoms in total. The van der Waals surface area contributed by atoms with Gasteiger partial charge in [0.1, 0.15) is 12.4 Å². The molecule has 0 radical (unpaired) electrons. The number of aryl methyl sites for hydroxylation is 1. The number of aromatic nitrogens is 3. The molecule has 3 N–H and O–H groups in total. The number of carboxylic acids is 1. The summed E-state index contributed by atoms with van der Waals surface area (Å²) in [6.07, 6.45) is 0.669. The van der Waals surface area contributed by atoms with E-state index in [-0.39, 0.29) is 25.6 Å². The van der Waals surface area contributed by atoms with Crippen LogP contribution in [0.4, 0.5) is 0 Å². The van der Waals surface area contributed by atoms with Crippen LogP contribution in [-0.2, 0) is 16.0 Å². The van der Waals surface area contributed by atoms with Gasteiger partial charge in [0, 0.05) is 13.0 Å². The Labute approximate surface area is 97.4 Å². The summed E-state index contributed by atoms with van der Waals surface area (Å²) < 4.78 is 4.74. The number of ether oxygens (including phenoxy) is 1. The van der Waals surface area contributed by atoms with Crippen molar-refractivity contribution in [2.45, 2.75) is 13.3 Å². The fourth-order valence-corrected chi connectivity index (χ4v) is 1.03. The molecular weight excluding hydrogens is 228 g/mol. The Morgan fingerprint density at radius 2 is 2.29 bits per heavy atom. The van der Waals surface area contributed by atoms with E-state index in [1.807, 2.05) is 6.92 Å². The molecule has 0 aliphatic rings. The Bertz CT molecular complexity index is 390. The average molecular weight is 242 g/mol. The van der Waals surface area contributed by atoms with Gasteiger partial charge in [-0.15, -0.1) is 5.10 Å².